The van der Waals surface area contributed by atoms with Crippen molar-refractivity contribution in [1.82, 2.24) is 10.3 Å². The molecule has 3 N–H and O–H groups in total. The molecule has 0 spiro atoms. The predicted octanol–water partition coefficient (Wildman–Crippen LogP) is 5.12. The van der Waals surface area contributed by atoms with E-state index in [1.807, 2.05) is 54.6 Å². The molecule has 1 aromatic heterocycles. The van der Waals surface area contributed by atoms with Crippen LogP contribution in [0.3, 0.4) is 0 Å². The Kier molecular flexibility index (Phi) is 8.19. The minimum absolute atomic E-state index is 0.0241. The molecule has 0 aliphatic rings. The molecule has 0 aliphatic carbocycles. The third kappa shape index (κ3) is 7.80. The number of carbonyl (C=O) groups is 1. The molecule has 1 heterocycles. The molecule has 0 fully saturated rings. The highest BCUT2D eigenvalue weighted by Gasteiger charge is 2.18. The van der Waals surface area contributed by atoms with Crippen LogP contribution < -0.4 is 10.5 Å². The Hall–Kier alpha value is -4.39. The van der Waals surface area contributed by atoms with Crippen LogP contribution in [0.2, 0.25) is 0 Å². The van der Waals surface area contributed by atoms with Crippen LogP contribution in [0.5, 0.6) is 0 Å². The lowest BCUT2D eigenvalue weighted by Crippen LogP contribution is -2.32. The lowest BCUT2D eigenvalue weighted by Gasteiger charge is -2.18. The molecule has 3 aromatic carbocycles. The zero-order chi connectivity index (χ0) is 28.0. The second kappa shape index (κ2) is 11.6. The van der Waals surface area contributed by atoms with E-state index in [0.29, 0.717) is 29.3 Å². The smallest absolute Gasteiger partial charge is 0.408 e. The minimum Gasteiger partial charge on any atom is -0.444 e. The van der Waals surface area contributed by atoms with E-state index in [1.54, 1.807) is 32.9 Å². The number of hydrogen-bond acceptors (Lipinski definition) is 6. The van der Waals surface area contributed by atoms with Gasteiger partial charge < -0.3 is 14.5 Å². The highest BCUT2D eigenvalue weighted by Crippen LogP contribution is 2.33. The molecule has 0 bridgehead atoms. The molecule has 0 radical (unpaired) electrons. The number of nitrogens with one attached hydrogen (secondary N) is 1. The van der Waals surface area contributed by atoms with E-state index in [0.717, 1.165) is 16.7 Å². The number of rotatable bonds is 6. The Labute approximate surface area is 228 Å². The second-order valence-corrected chi connectivity index (χ2v) is 11.3. The SMILES string of the molecule is CC(C)(C)OC(=O)NCC#Cc1ccc(Cc2nc(-c3ccccc3)c(-c3ccc(S(N)(=O)=O)cc3)o2)cc1. The number of benzene rings is 3. The van der Waals surface area contributed by atoms with Gasteiger partial charge in [0.15, 0.2) is 11.7 Å². The largest absolute Gasteiger partial charge is 0.444 e. The fourth-order valence-corrected chi connectivity index (χ4v) is 4.20. The molecule has 200 valence electrons. The number of oxazole rings is 1. The van der Waals surface area contributed by atoms with E-state index in [1.165, 1.54) is 12.1 Å². The van der Waals surface area contributed by atoms with Crippen molar-refractivity contribution in [3.05, 3.63) is 95.9 Å². The van der Waals surface area contributed by atoms with Crippen molar-refractivity contribution in [2.24, 2.45) is 5.14 Å². The summed E-state index contributed by atoms with van der Waals surface area (Å²) < 4.78 is 34.7. The van der Waals surface area contributed by atoms with Crippen molar-refractivity contribution < 1.29 is 22.4 Å². The molecule has 8 nitrogen and oxygen atoms in total. The number of sulfonamides is 1. The van der Waals surface area contributed by atoms with E-state index in [4.69, 9.17) is 19.3 Å². The maximum absolute atomic E-state index is 11.7. The number of primary sulfonamides is 1. The zero-order valence-corrected chi connectivity index (χ0v) is 22.7. The molecule has 1 amide bonds. The van der Waals surface area contributed by atoms with E-state index < -0.39 is 21.7 Å². The molecule has 39 heavy (non-hydrogen) atoms. The van der Waals surface area contributed by atoms with Crippen LogP contribution in [0.4, 0.5) is 4.79 Å². The van der Waals surface area contributed by atoms with Crippen molar-refractivity contribution in [2.45, 2.75) is 37.7 Å². The Morgan fingerprint density at radius 1 is 0.974 bits per heavy atom. The Balaban J connectivity index is 1.50. The summed E-state index contributed by atoms with van der Waals surface area (Å²) in [7, 11) is -3.80. The van der Waals surface area contributed by atoms with E-state index in [9.17, 15) is 13.2 Å². The molecule has 0 saturated carbocycles. The van der Waals surface area contributed by atoms with Crippen LogP contribution in [0, 0.1) is 11.8 Å². The zero-order valence-electron chi connectivity index (χ0n) is 21.9. The number of carbonyl (C=O) groups excluding carboxylic acids is 1. The molecule has 0 aliphatic heterocycles. The Morgan fingerprint density at radius 3 is 2.26 bits per heavy atom. The van der Waals surface area contributed by atoms with Gasteiger partial charge in [0.25, 0.3) is 0 Å². The molecular formula is C30H29N3O5S. The van der Waals surface area contributed by atoms with E-state index in [-0.39, 0.29) is 11.4 Å². The molecule has 0 unspecified atom stereocenters. The highest BCUT2D eigenvalue weighted by atomic mass is 32.2. The molecular weight excluding hydrogens is 514 g/mol. The van der Waals surface area contributed by atoms with Gasteiger partial charge in [-0.25, -0.2) is 23.3 Å². The topological polar surface area (TPSA) is 125 Å². The summed E-state index contributed by atoms with van der Waals surface area (Å²) >= 11 is 0. The highest BCUT2D eigenvalue weighted by molar-refractivity contribution is 7.89. The van der Waals surface area contributed by atoms with Gasteiger partial charge in [0, 0.05) is 23.1 Å². The lowest BCUT2D eigenvalue weighted by atomic mass is 10.1. The number of nitrogens with two attached hydrogens (primary N) is 1. The summed E-state index contributed by atoms with van der Waals surface area (Å²) in [6.45, 7) is 5.58. The van der Waals surface area contributed by atoms with Gasteiger partial charge in [-0.2, -0.15) is 0 Å². The average Bonchev–Trinajstić information content (AvgIpc) is 3.30. The quantitative estimate of drug-likeness (QED) is 0.325. The summed E-state index contributed by atoms with van der Waals surface area (Å²) in [5.41, 5.74) is 3.45. The number of alkyl carbamates (subject to hydrolysis) is 1. The van der Waals surface area contributed by atoms with Crippen molar-refractivity contribution in [2.75, 3.05) is 6.54 Å². The Bertz CT molecular complexity index is 1610. The van der Waals surface area contributed by atoms with Crippen molar-refractivity contribution in [3.8, 4) is 34.4 Å². The van der Waals surface area contributed by atoms with Crippen molar-refractivity contribution >= 4 is 16.1 Å². The predicted molar refractivity (Wildman–Crippen MR) is 149 cm³/mol. The first-order valence-electron chi connectivity index (χ1n) is 12.2. The summed E-state index contributed by atoms with van der Waals surface area (Å²) in [5.74, 6) is 6.98. The number of amides is 1. The van der Waals surface area contributed by atoms with Gasteiger partial charge in [-0.3, -0.25) is 0 Å². The van der Waals surface area contributed by atoms with E-state index in [2.05, 4.69) is 17.2 Å². The first-order valence-corrected chi connectivity index (χ1v) is 13.8. The average molecular weight is 544 g/mol. The van der Waals surface area contributed by atoms with Gasteiger partial charge in [0.2, 0.25) is 10.0 Å². The normalized spacial score (nSPS) is 11.4. The second-order valence-electron chi connectivity index (χ2n) is 9.75. The van der Waals surface area contributed by atoms with Gasteiger partial charge in [-0.15, -0.1) is 0 Å². The molecule has 4 aromatic rings. The van der Waals surface area contributed by atoms with Gasteiger partial charge in [-0.1, -0.05) is 54.3 Å². The number of hydrogen-bond donors (Lipinski definition) is 2. The minimum atomic E-state index is -3.80. The van der Waals surface area contributed by atoms with Crippen LogP contribution in [-0.2, 0) is 21.2 Å². The summed E-state index contributed by atoms with van der Waals surface area (Å²) in [6.07, 6.45) is -0.0593. The van der Waals surface area contributed by atoms with Crippen LogP contribution in [-0.4, -0.2) is 31.6 Å². The number of nitrogens with zero attached hydrogens (tertiary/aromatic N) is 1. The summed E-state index contributed by atoms with van der Waals surface area (Å²) in [4.78, 5) is 16.5. The van der Waals surface area contributed by atoms with Gasteiger partial charge >= 0.3 is 6.09 Å². The molecule has 0 atom stereocenters. The fraction of sp³-hybridized carbons (Fsp3) is 0.200. The monoisotopic (exact) mass is 543 g/mol. The first-order chi connectivity index (χ1) is 18.5. The van der Waals surface area contributed by atoms with Crippen molar-refractivity contribution in [1.29, 1.82) is 0 Å². The number of aromatic nitrogens is 1. The van der Waals surface area contributed by atoms with E-state index >= 15 is 0 Å². The molecule has 4 rings (SSSR count). The van der Waals surface area contributed by atoms with Crippen LogP contribution in [0.25, 0.3) is 22.6 Å². The van der Waals surface area contributed by atoms with Gasteiger partial charge in [0.05, 0.1) is 11.4 Å². The lowest BCUT2D eigenvalue weighted by molar-refractivity contribution is 0.0535. The number of ether oxygens (including phenoxy) is 1. The first kappa shape index (κ1) is 27.6. The third-order valence-electron chi connectivity index (χ3n) is 5.43. The van der Waals surface area contributed by atoms with Crippen LogP contribution in [0.15, 0.2) is 88.2 Å². The van der Waals surface area contributed by atoms with Gasteiger partial charge in [0.1, 0.15) is 11.3 Å². The molecule has 0 saturated heterocycles. The van der Waals surface area contributed by atoms with Crippen molar-refractivity contribution in [3.63, 3.8) is 0 Å². The molecule has 9 heteroatoms. The summed E-state index contributed by atoms with van der Waals surface area (Å²) in [5, 5.41) is 7.85. The fourth-order valence-electron chi connectivity index (χ4n) is 3.68. The van der Waals surface area contributed by atoms with Crippen LogP contribution in [0.1, 0.15) is 37.8 Å². The maximum Gasteiger partial charge on any atom is 0.408 e. The summed E-state index contributed by atoms with van der Waals surface area (Å²) in [6, 6.07) is 23.5. The van der Waals surface area contributed by atoms with Gasteiger partial charge in [-0.05, 0) is 62.7 Å². The standard InChI is InChI=1S/C30H29N3O5S/c1-30(2,3)38-29(34)32-19-7-8-21-11-13-22(14-12-21)20-26-33-27(23-9-5-4-6-10-23)28(37-26)24-15-17-25(18-16-24)39(31,35)36/h4-6,9-18H,19-20H2,1-3H3,(H,32,34)(H2,31,35,36). The maximum atomic E-state index is 11.7. The third-order valence-corrected chi connectivity index (χ3v) is 6.35. The Morgan fingerprint density at radius 2 is 1.64 bits per heavy atom. The van der Waals surface area contributed by atoms with Crippen LogP contribution >= 0.6 is 0 Å².